The Morgan fingerprint density at radius 3 is 3.04 bits per heavy atom. The van der Waals surface area contributed by atoms with Crippen LogP contribution < -0.4 is 5.32 Å². The third kappa shape index (κ3) is 3.14. The van der Waals surface area contributed by atoms with Crippen molar-refractivity contribution in [3.05, 3.63) is 36.4 Å². The molecule has 0 aliphatic carbocycles. The van der Waals surface area contributed by atoms with E-state index in [4.69, 9.17) is 4.52 Å². The van der Waals surface area contributed by atoms with E-state index in [0.717, 1.165) is 30.9 Å². The number of hydrogen-bond acceptors (Lipinski definition) is 8. The molecule has 3 aromatic rings. The smallest absolute Gasteiger partial charge is 0.258 e. The summed E-state index contributed by atoms with van der Waals surface area (Å²) in [5, 5.41) is 18.7. The number of nitrogens with one attached hydrogen (secondary N) is 1. The Hall–Kier alpha value is -2.36. The highest BCUT2D eigenvalue weighted by Crippen LogP contribution is 2.24. The molecule has 0 radical (unpaired) electrons. The molecule has 1 unspecified atom stereocenters. The van der Waals surface area contributed by atoms with E-state index in [9.17, 15) is 0 Å². The van der Waals surface area contributed by atoms with E-state index in [0.29, 0.717) is 11.7 Å². The van der Waals surface area contributed by atoms with Crippen molar-refractivity contribution in [2.24, 2.45) is 0 Å². The van der Waals surface area contributed by atoms with Crippen LogP contribution in [0.1, 0.15) is 11.9 Å². The minimum absolute atomic E-state index is 0. The highest BCUT2D eigenvalue weighted by Gasteiger charge is 2.25. The number of benzene rings is 1. The summed E-state index contributed by atoms with van der Waals surface area (Å²) in [6, 6.07) is 7.79. The fraction of sp³-hybridized carbons (Fsp3) is 0.357. The number of halogens is 1. The molecule has 0 bridgehead atoms. The van der Waals surface area contributed by atoms with E-state index >= 15 is 0 Å². The van der Waals surface area contributed by atoms with Crippen molar-refractivity contribution in [1.29, 1.82) is 0 Å². The summed E-state index contributed by atoms with van der Waals surface area (Å²) in [4.78, 5) is 6.78. The second-order valence-corrected chi connectivity index (χ2v) is 5.46. The fourth-order valence-electron chi connectivity index (χ4n) is 2.64. The summed E-state index contributed by atoms with van der Waals surface area (Å²) in [7, 11) is 2.07. The number of hydrogen-bond donors (Lipinski definition) is 1. The lowest BCUT2D eigenvalue weighted by atomic mass is 10.2. The molecule has 1 N–H and O–H groups in total. The average molecular weight is 349 g/mol. The maximum absolute atomic E-state index is 5.45. The molecular formula is C14H17ClN8O. The second kappa shape index (κ2) is 7.04. The van der Waals surface area contributed by atoms with Gasteiger partial charge < -0.3 is 9.84 Å². The van der Waals surface area contributed by atoms with Gasteiger partial charge in [0, 0.05) is 25.2 Å². The third-order valence-electron chi connectivity index (χ3n) is 3.96. The first kappa shape index (κ1) is 16.5. The molecule has 1 aromatic carbocycles. The minimum atomic E-state index is 0. The van der Waals surface area contributed by atoms with Crippen LogP contribution in [0.25, 0.3) is 17.1 Å². The number of tetrazole rings is 1. The summed E-state index contributed by atoms with van der Waals surface area (Å²) in [6.07, 6.45) is 1.54. The lowest BCUT2D eigenvalue weighted by Crippen LogP contribution is -2.44. The molecule has 2 aromatic heterocycles. The molecule has 0 saturated carbocycles. The van der Waals surface area contributed by atoms with E-state index in [1.807, 2.05) is 24.3 Å². The zero-order chi connectivity index (χ0) is 15.6. The predicted molar refractivity (Wildman–Crippen MR) is 87.9 cm³/mol. The van der Waals surface area contributed by atoms with Crippen molar-refractivity contribution in [1.82, 2.24) is 40.6 Å². The van der Waals surface area contributed by atoms with E-state index in [1.54, 1.807) is 11.0 Å². The molecular weight excluding hydrogens is 332 g/mol. The Kier molecular flexibility index (Phi) is 4.84. The molecule has 10 heteroatoms. The first-order valence-electron chi connectivity index (χ1n) is 7.39. The number of aromatic nitrogens is 6. The second-order valence-electron chi connectivity index (χ2n) is 5.46. The van der Waals surface area contributed by atoms with Crippen molar-refractivity contribution in [3.63, 3.8) is 0 Å². The van der Waals surface area contributed by atoms with Crippen LogP contribution in [0.15, 0.2) is 35.1 Å². The number of rotatable bonds is 3. The molecule has 1 atom stereocenters. The monoisotopic (exact) mass is 348 g/mol. The molecule has 0 spiro atoms. The van der Waals surface area contributed by atoms with Gasteiger partial charge in [-0.1, -0.05) is 11.2 Å². The lowest BCUT2D eigenvalue weighted by molar-refractivity contribution is 0.190. The number of piperazine rings is 1. The van der Waals surface area contributed by atoms with Crippen LogP contribution in [0.2, 0.25) is 0 Å². The van der Waals surface area contributed by atoms with E-state index in [1.165, 1.54) is 0 Å². The first-order chi connectivity index (χ1) is 11.3. The Morgan fingerprint density at radius 2 is 2.25 bits per heavy atom. The van der Waals surface area contributed by atoms with Gasteiger partial charge in [-0.3, -0.25) is 4.90 Å². The van der Waals surface area contributed by atoms with Gasteiger partial charge in [0.25, 0.3) is 5.89 Å². The van der Waals surface area contributed by atoms with Crippen LogP contribution in [0.5, 0.6) is 0 Å². The highest BCUT2D eigenvalue weighted by molar-refractivity contribution is 5.85. The largest absolute Gasteiger partial charge is 0.334 e. The summed E-state index contributed by atoms with van der Waals surface area (Å²) in [5.74, 6) is 1.19. The van der Waals surface area contributed by atoms with Gasteiger partial charge in [-0.2, -0.15) is 4.98 Å². The fourth-order valence-corrected chi connectivity index (χ4v) is 2.64. The highest BCUT2D eigenvalue weighted by atomic mass is 35.5. The Labute approximate surface area is 144 Å². The minimum Gasteiger partial charge on any atom is -0.334 e. The summed E-state index contributed by atoms with van der Waals surface area (Å²) < 4.78 is 7.03. The van der Waals surface area contributed by atoms with Crippen LogP contribution in [0.3, 0.4) is 0 Å². The zero-order valence-electron chi connectivity index (χ0n) is 13.0. The molecule has 0 amide bonds. The third-order valence-corrected chi connectivity index (χ3v) is 3.96. The molecule has 1 aliphatic rings. The number of nitrogens with zero attached hydrogens (tertiary/aromatic N) is 7. The normalized spacial score (nSPS) is 18.3. The molecule has 3 heterocycles. The van der Waals surface area contributed by atoms with Gasteiger partial charge in [-0.15, -0.1) is 17.5 Å². The Bertz CT molecular complexity index is 790. The van der Waals surface area contributed by atoms with Crippen molar-refractivity contribution in [2.45, 2.75) is 6.04 Å². The maximum Gasteiger partial charge on any atom is 0.258 e. The molecule has 24 heavy (non-hydrogen) atoms. The van der Waals surface area contributed by atoms with E-state index in [-0.39, 0.29) is 18.4 Å². The van der Waals surface area contributed by atoms with Crippen molar-refractivity contribution >= 4 is 12.4 Å². The summed E-state index contributed by atoms with van der Waals surface area (Å²) >= 11 is 0. The van der Waals surface area contributed by atoms with Crippen LogP contribution in [-0.4, -0.2) is 61.9 Å². The van der Waals surface area contributed by atoms with Crippen LogP contribution >= 0.6 is 12.4 Å². The topological polar surface area (TPSA) is 97.8 Å². The average Bonchev–Trinajstić information content (AvgIpc) is 3.27. The summed E-state index contributed by atoms with van der Waals surface area (Å²) in [5.41, 5.74) is 1.67. The Balaban J connectivity index is 0.00000169. The lowest BCUT2D eigenvalue weighted by Gasteiger charge is -2.30. The predicted octanol–water partition coefficient (Wildman–Crippen LogP) is 0.710. The first-order valence-corrected chi connectivity index (χ1v) is 7.39. The van der Waals surface area contributed by atoms with Crippen LogP contribution in [0.4, 0.5) is 0 Å². The van der Waals surface area contributed by atoms with Gasteiger partial charge in [0.1, 0.15) is 6.33 Å². The van der Waals surface area contributed by atoms with Crippen molar-refractivity contribution in [3.8, 4) is 17.1 Å². The van der Waals surface area contributed by atoms with Gasteiger partial charge in [0.05, 0.1) is 11.7 Å². The molecule has 1 saturated heterocycles. The molecule has 1 aliphatic heterocycles. The molecule has 4 rings (SSSR count). The maximum atomic E-state index is 5.45. The van der Waals surface area contributed by atoms with Gasteiger partial charge in [0.2, 0.25) is 0 Å². The van der Waals surface area contributed by atoms with Crippen LogP contribution in [-0.2, 0) is 0 Å². The molecule has 1 fully saturated rings. The van der Waals surface area contributed by atoms with Gasteiger partial charge in [-0.25, -0.2) is 4.68 Å². The van der Waals surface area contributed by atoms with Gasteiger partial charge in [-0.05, 0) is 35.7 Å². The Morgan fingerprint density at radius 1 is 1.33 bits per heavy atom. The zero-order valence-corrected chi connectivity index (χ0v) is 13.8. The van der Waals surface area contributed by atoms with E-state index < -0.39 is 0 Å². The molecule has 126 valence electrons. The summed E-state index contributed by atoms with van der Waals surface area (Å²) in [6.45, 7) is 2.76. The van der Waals surface area contributed by atoms with E-state index in [2.05, 4.69) is 42.9 Å². The standard InChI is InChI=1S/C14H16N8O.ClH/c1-21-6-5-15-8-12(21)13-17-14(23-18-13)10-3-2-4-11(7-10)22-9-16-19-20-22;/h2-4,7,9,12,15H,5-6,8H2,1H3;1H. The van der Waals surface area contributed by atoms with Crippen molar-refractivity contribution in [2.75, 3.05) is 26.7 Å². The number of likely N-dealkylation sites (N-methyl/N-ethyl adjacent to an activating group) is 1. The van der Waals surface area contributed by atoms with Gasteiger partial charge >= 0.3 is 0 Å². The SMILES string of the molecule is CN1CCNCC1c1noc(-c2cccc(-n3cnnn3)c2)n1.Cl. The molecule has 9 nitrogen and oxygen atoms in total. The van der Waals surface area contributed by atoms with Crippen LogP contribution in [0, 0.1) is 0 Å². The van der Waals surface area contributed by atoms with Gasteiger partial charge in [0.15, 0.2) is 5.82 Å². The quantitative estimate of drug-likeness (QED) is 0.739. The van der Waals surface area contributed by atoms with Crippen molar-refractivity contribution < 1.29 is 4.52 Å².